The summed E-state index contributed by atoms with van der Waals surface area (Å²) >= 11 is 0. The van der Waals surface area contributed by atoms with Gasteiger partial charge in [0.15, 0.2) is 5.65 Å². The lowest BCUT2D eigenvalue weighted by atomic mass is 9.87. The van der Waals surface area contributed by atoms with Gasteiger partial charge in [-0.3, -0.25) is 0 Å². The maximum Gasteiger partial charge on any atom is 0.215 e. The molecule has 0 aromatic carbocycles. The van der Waals surface area contributed by atoms with Crippen LogP contribution in [0.25, 0.3) is 11.2 Å². The van der Waals surface area contributed by atoms with Crippen LogP contribution in [0.3, 0.4) is 0 Å². The molecule has 1 atom stereocenters. The van der Waals surface area contributed by atoms with Crippen molar-refractivity contribution in [1.29, 1.82) is 0 Å². The third kappa shape index (κ3) is 2.18. The molecule has 5 heteroatoms. The van der Waals surface area contributed by atoms with E-state index in [9.17, 15) is 0 Å². The highest BCUT2D eigenvalue weighted by molar-refractivity contribution is 5.71. The first-order chi connectivity index (χ1) is 8.62. The third-order valence-corrected chi connectivity index (χ3v) is 3.42. The quantitative estimate of drug-likeness (QED) is 0.848. The summed E-state index contributed by atoms with van der Waals surface area (Å²) in [5.41, 5.74) is 7.31. The molecule has 0 aliphatic carbocycles. The van der Waals surface area contributed by atoms with Crippen molar-refractivity contribution in [3.05, 3.63) is 18.0 Å². The summed E-state index contributed by atoms with van der Waals surface area (Å²) in [6.45, 7) is 7.31. The minimum Gasteiger partial charge on any atom is -0.478 e. The molecule has 1 unspecified atom stereocenters. The lowest BCUT2D eigenvalue weighted by Gasteiger charge is -2.23. The minimum atomic E-state index is -0.132. The van der Waals surface area contributed by atoms with Crippen molar-refractivity contribution in [2.45, 2.75) is 32.6 Å². The Bertz CT molecular complexity index is 531. The molecule has 0 spiro atoms. The van der Waals surface area contributed by atoms with Crippen molar-refractivity contribution in [3.63, 3.8) is 0 Å². The van der Waals surface area contributed by atoms with E-state index in [1.54, 1.807) is 0 Å². The van der Waals surface area contributed by atoms with Gasteiger partial charge in [0.25, 0.3) is 0 Å². The Hall–Kier alpha value is -1.62. The third-order valence-electron chi connectivity index (χ3n) is 3.42. The minimum absolute atomic E-state index is 0.132. The molecule has 0 amide bonds. The van der Waals surface area contributed by atoms with Crippen LogP contribution in [0.5, 0.6) is 5.88 Å². The lowest BCUT2D eigenvalue weighted by Crippen LogP contribution is -2.32. The molecular weight excluding hydrogens is 228 g/mol. The van der Waals surface area contributed by atoms with Crippen LogP contribution in [0.2, 0.25) is 0 Å². The van der Waals surface area contributed by atoms with E-state index >= 15 is 0 Å². The zero-order chi connectivity index (χ0) is 13.2. The second-order valence-corrected chi connectivity index (χ2v) is 4.66. The van der Waals surface area contributed by atoms with Crippen molar-refractivity contribution in [2.24, 2.45) is 5.73 Å². The predicted molar refractivity (Wildman–Crippen MR) is 71.8 cm³/mol. The molecule has 2 aromatic rings. The van der Waals surface area contributed by atoms with Gasteiger partial charge >= 0.3 is 0 Å². The summed E-state index contributed by atoms with van der Waals surface area (Å²) in [5.74, 6) is 1.50. The molecule has 98 valence electrons. The molecule has 5 nitrogen and oxygen atoms in total. The summed E-state index contributed by atoms with van der Waals surface area (Å²) in [7, 11) is 0. The molecule has 0 aliphatic heterocycles. The molecule has 2 heterocycles. The molecule has 0 bridgehead atoms. The van der Waals surface area contributed by atoms with Gasteiger partial charge < -0.3 is 15.5 Å². The number of aromatic amines is 1. The number of hydrogen-bond donors (Lipinski definition) is 2. The summed E-state index contributed by atoms with van der Waals surface area (Å²) < 4.78 is 5.37. The fraction of sp³-hybridized carbons (Fsp3) is 0.538. The zero-order valence-corrected chi connectivity index (χ0v) is 11.2. The number of fused-ring (bicyclic) bond motifs is 1. The van der Waals surface area contributed by atoms with Gasteiger partial charge in [-0.25, -0.2) is 4.98 Å². The smallest absolute Gasteiger partial charge is 0.215 e. The van der Waals surface area contributed by atoms with Crippen LogP contribution >= 0.6 is 0 Å². The number of H-pyrrole nitrogens is 1. The molecular formula is C13H20N4O. The van der Waals surface area contributed by atoms with Gasteiger partial charge in [0.1, 0.15) is 5.82 Å². The normalized spacial score (nSPS) is 14.7. The maximum atomic E-state index is 5.84. The van der Waals surface area contributed by atoms with E-state index in [0.29, 0.717) is 24.7 Å². The van der Waals surface area contributed by atoms with Gasteiger partial charge in [0, 0.05) is 18.0 Å². The van der Waals surface area contributed by atoms with Crippen LogP contribution in [0, 0.1) is 0 Å². The maximum absolute atomic E-state index is 5.84. The number of pyridine rings is 1. The van der Waals surface area contributed by atoms with Crippen LogP contribution in [-0.4, -0.2) is 28.1 Å². The number of rotatable bonds is 5. The molecule has 3 N–H and O–H groups in total. The first-order valence-corrected chi connectivity index (χ1v) is 6.33. The van der Waals surface area contributed by atoms with Crippen molar-refractivity contribution < 1.29 is 4.74 Å². The molecule has 0 saturated carbocycles. The largest absolute Gasteiger partial charge is 0.478 e. The van der Waals surface area contributed by atoms with E-state index in [2.05, 4.69) is 28.8 Å². The van der Waals surface area contributed by atoms with Crippen molar-refractivity contribution in [2.75, 3.05) is 13.2 Å². The number of aromatic nitrogens is 3. The summed E-state index contributed by atoms with van der Waals surface area (Å²) in [5, 5.41) is 0. The number of ether oxygens (including phenoxy) is 1. The SMILES string of the molecule is CCOc1ccc2[nH]c(C(C)(CC)CN)nc2n1. The number of nitrogens with zero attached hydrogens (tertiary/aromatic N) is 2. The standard InChI is InChI=1S/C13H20N4O/c1-4-13(3,8-14)12-15-9-6-7-10(18-5-2)16-11(9)17-12/h6-7H,4-5,8,14H2,1-3H3,(H,15,16,17). The van der Waals surface area contributed by atoms with Gasteiger partial charge in [-0.05, 0) is 19.4 Å². The second kappa shape index (κ2) is 4.94. The molecule has 0 saturated heterocycles. The molecule has 0 radical (unpaired) electrons. The van der Waals surface area contributed by atoms with E-state index < -0.39 is 0 Å². The number of imidazole rings is 1. The molecule has 2 rings (SSSR count). The fourth-order valence-electron chi connectivity index (χ4n) is 1.80. The van der Waals surface area contributed by atoms with Gasteiger partial charge in [-0.1, -0.05) is 13.8 Å². The van der Waals surface area contributed by atoms with Crippen LogP contribution in [0.1, 0.15) is 33.0 Å². The van der Waals surface area contributed by atoms with Gasteiger partial charge in [0.2, 0.25) is 5.88 Å². The van der Waals surface area contributed by atoms with Crippen molar-refractivity contribution in [1.82, 2.24) is 15.0 Å². The van der Waals surface area contributed by atoms with Crippen LogP contribution in [-0.2, 0) is 5.41 Å². The first-order valence-electron chi connectivity index (χ1n) is 6.33. The highest BCUT2D eigenvalue weighted by atomic mass is 16.5. The van der Waals surface area contributed by atoms with Crippen LogP contribution < -0.4 is 10.5 Å². The Kier molecular flexibility index (Phi) is 3.52. The van der Waals surface area contributed by atoms with E-state index in [4.69, 9.17) is 10.5 Å². The Morgan fingerprint density at radius 3 is 2.72 bits per heavy atom. The molecule has 2 aromatic heterocycles. The average Bonchev–Trinajstić information content (AvgIpc) is 2.82. The lowest BCUT2D eigenvalue weighted by molar-refractivity contribution is 0.328. The van der Waals surface area contributed by atoms with Crippen LogP contribution in [0.15, 0.2) is 12.1 Å². The van der Waals surface area contributed by atoms with E-state index in [1.807, 2.05) is 19.1 Å². The van der Waals surface area contributed by atoms with Crippen molar-refractivity contribution >= 4 is 11.2 Å². The van der Waals surface area contributed by atoms with Crippen LogP contribution in [0.4, 0.5) is 0 Å². The zero-order valence-electron chi connectivity index (χ0n) is 11.2. The van der Waals surface area contributed by atoms with Gasteiger partial charge in [-0.15, -0.1) is 0 Å². The average molecular weight is 248 g/mol. The Morgan fingerprint density at radius 2 is 2.11 bits per heavy atom. The van der Waals surface area contributed by atoms with Crippen molar-refractivity contribution in [3.8, 4) is 5.88 Å². The number of hydrogen-bond acceptors (Lipinski definition) is 4. The molecule has 0 aliphatic rings. The summed E-state index contributed by atoms with van der Waals surface area (Å²) in [6.07, 6.45) is 0.932. The first kappa shape index (κ1) is 12.8. The highest BCUT2D eigenvalue weighted by Crippen LogP contribution is 2.26. The number of nitrogens with two attached hydrogens (primary N) is 1. The highest BCUT2D eigenvalue weighted by Gasteiger charge is 2.26. The second-order valence-electron chi connectivity index (χ2n) is 4.66. The Morgan fingerprint density at radius 1 is 1.33 bits per heavy atom. The molecule has 18 heavy (non-hydrogen) atoms. The summed E-state index contributed by atoms with van der Waals surface area (Å²) in [6, 6.07) is 3.79. The number of nitrogens with one attached hydrogen (secondary N) is 1. The van der Waals surface area contributed by atoms with Gasteiger partial charge in [-0.2, -0.15) is 4.98 Å². The Labute approximate surface area is 107 Å². The van der Waals surface area contributed by atoms with E-state index in [1.165, 1.54) is 0 Å². The topological polar surface area (TPSA) is 76.8 Å². The van der Waals surface area contributed by atoms with E-state index in [-0.39, 0.29) is 5.41 Å². The summed E-state index contributed by atoms with van der Waals surface area (Å²) in [4.78, 5) is 12.2. The van der Waals surface area contributed by atoms with E-state index in [0.717, 1.165) is 17.8 Å². The van der Waals surface area contributed by atoms with Gasteiger partial charge in [0.05, 0.1) is 12.1 Å². The predicted octanol–water partition coefficient (Wildman–Crippen LogP) is 1.98. The Balaban J connectivity index is 2.43. The fourth-order valence-corrected chi connectivity index (χ4v) is 1.80. The molecule has 0 fully saturated rings. The monoisotopic (exact) mass is 248 g/mol.